The average molecular weight is 403 g/mol. The molecular formula is C17H20F3N3O3S. The fourth-order valence-electron chi connectivity index (χ4n) is 2.46. The van der Waals surface area contributed by atoms with E-state index in [1.807, 2.05) is 35.4 Å². The number of nitrogens with one attached hydrogen (secondary N) is 2. The molecule has 6 nitrogen and oxygen atoms in total. The van der Waals surface area contributed by atoms with Gasteiger partial charge in [-0.3, -0.25) is 4.79 Å². The van der Waals surface area contributed by atoms with Crippen LogP contribution in [0.4, 0.5) is 13.2 Å². The van der Waals surface area contributed by atoms with Crippen LogP contribution in [0, 0.1) is 6.92 Å². The van der Waals surface area contributed by atoms with Gasteiger partial charge in [0.2, 0.25) is 15.9 Å². The summed E-state index contributed by atoms with van der Waals surface area (Å²) in [5.74, 6) is -0.651. The number of aromatic nitrogens is 1. The third-order valence-corrected chi connectivity index (χ3v) is 5.73. The molecule has 1 aromatic carbocycles. The Hall–Kier alpha value is -2.33. The minimum atomic E-state index is -4.83. The van der Waals surface area contributed by atoms with Gasteiger partial charge in [-0.05, 0) is 38.1 Å². The molecule has 0 aliphatic carbocycles. The van der Waals surface area contributed by atoms with E-state index in [0.717, 1.165) is 23.5 Å². The molecule has 1 aromatic heterocycles. The predicted octanol–water partition coefficient (Wildman–Crippen LogP) is 2.34. The van der Waals surface area contributed by atoms with E-state index in [1.54, 1.807) is 0 Å². The van der Waals surface area contributed by atoms with Crippen molar-refractivity contribution in [2.75, 3.05) is 0 Å². The van der Waals surface area contributed by atoms with Gasteiger partial charge in [0.15, 0.2) is 0 Å². The van der Waals surface area contributed by atoms with Crippen LogP contribution in [0.5, 0.6) is 0 Å². The van der Waals surface area contributed by atoms with Gasteiger partial charge in [-0.1, -0.05) is 12.1 Å². The van der Waals surface area contributed by atoms with Crippen LogP contribution in [0.3, 0.4) is 0 Å². The Bertz CT molecular complexity index is 936. The van der Waals surface area contributed by atoms with Crippen LogP contribution in [0.15, 0.2) is 41.3 Å². The number of aryl methyl sites for hydroxylation is 1. The fraction of sp³-hybridized carbons (Fsp3) is 0.353. The summed E-state index contributed by atoms with van der Waals surface area (Å²) in [7, 11) is -2.72. The molecule has 0 aliphatic rings. The van der Waals surface area contributed by atoms with Crippen molar-refractivity contribution >= 4 is 15.9 Å². The molecule has 2 N–H and O–H groups in total. The molecule has 0 fully saturated rings. The zero-order chi connectivity index (χ0) is 20.4. The summed E-state index contributed by atoms with van der Waals surface area (Å²) < 4.78 is 67.7. The first kappa shape index (κ1) is 21.0. The number of sulfonamides is 1. The van der Waals surface area contributed by atoms with E-state index in [4.69, 9.17) is 0 Å². The van der Waals surface area contributed by atoms with Crippen LogP contribution in [-0.2, 0) is 34.6 Å². The molecule has 148 valence electrons. The number of amides is 1. The van der Waals surface area contributed by atoms with Gasteiger partial charge in [-0.25, -0.2) is 8.42 Å². The van der Waals surface area contributed by atoms with E-state index in [9.17, 15) is 26.4 Å². The second-order valence-corrected chi connectivity index (χ2v) is 7.76. The van der Waals surface area contributed by atoms with Gasteiger partial charge in [-0.15, -0.1) is 0 Å². The third-order valence-electron chi connectivity index (χ3n) is 4.13. The number of carbonyl (C=O) groups is 1. The van der Waals surface area contributed by atoms with Gasteiger partial charge >= 0.3 is 6.18 Å². The number of benzene rings is 1. The van der Waals surface area contributed by atoms with Gasteiger partial charge in [0.25, 0.3) is 0 Å². The number of hydrogen-bond donors (Lipinski definition) is 2. The lowest BCUT2D eigenvalue weighted by molar-refractivity contribution is -0.139. The average Bonchev–Trinajstić information content (AvgIpc) is 2.90. The quantitative estimate of drug-likeness (QED) is 0.777. The van der Waals surface area contributed by atoms with Crippen LogP contribution in [0.1, 0.15) is 23.9 Å². The van der Waals surface area contributed by atoms with Crippen molar-refractivity contribution in [3.8, 4) is 0 Å². The van der Waals surface area contributed by atoms with Crippen molar-refractivity contribution in [1.29, 1.82) is 0 Å². The largest absolute Gasteiger partial charge is 0.417 e. The van der Waals surface area contributed by atoms with Gasteiger partial charge in [0.1, 0.15) is 0 Å². The zero-order valence-corrected chi connectivity index (χ0v) is 15.8. The number of hydrogen-bond acceptors (Lipinski definition) is 3. The molecule has 0 radical (unpaired) electrons. The zero-order valence-electron chi connectivity index (χ0n) is 15.0. The molecule has 0 bridgehead atoms. The summed E-state index contributed by atoms with van der Waals surface area (Å²) in [6.45, 7) is 3.31. The van der Waals surface area contributed by atoms with Gasteiger partial charge in [0, 0.05) is 18.4 Å². The lowest BCUT2D eigenvalue weighted by Crippen LogP contribution is -2.45. The Morgan fingerprint density at radius 2 is 1.81 bits per heavy atom. The number of rotatable bonds is 6. The molecular weight excluding hydrogens is 383 g/mol. The molecule has 0 spiro atoms. The minimum absolute atomic E-state index is 0.161. The van der Waals surface area contributed by atoms with Crippen molar-refractivity contribution in [2.24, 2.45) is 7.05 Å². The highest BCUT2D eigenvalue weighted by molar-refractivity contribution is 7.89. The van der Waals surface area contributed by atoms with E-state index < -0.39 is 38.6 Å². The van der Waals surface area contributed by atoms with E-state index in [1.165, 1.54) is 13.0 Å². The molecule has 2 aromatic rings. The second kappa shape index (κ2) is 7.73. The number of carbonyl (C=O) groups excluding carboxylic acids is 1. The number of halogens is 3. The lowest BCUT2D eigenvalue weighted by Gasteiger charge is -2.17. The Balaban J connectivity index is 2.11. The van der Waals surface area contributed by atoms with Crippen LogP contribution in [0.25, 0.3) is 0 Å². The first-order chi connectivity index (χ1) is 12.4. The Kier molecular flexibility index (Phi) is 6.01. The number of nitrogens with zero attached hydrogens (tertiary/aromatic N) is 1. The van der Waals surface area contributed by atoms with E-state index >= 15 is 0 Å². The summed E-state index contributed by atoms with van der Waals surface area (Å²) in [4.78, 5) is 11.2. The molecule has 0 unspecified atom stereocenters. The molecule has 2 rings (SSSR count). The van der Waals surface area contributed by atoms with Crippen molar-refractivity contribution in [3.63, 3.8) is 0 Å². The Labute approximate surface area is 155 Å². The normalized spacial score (nSPS) is 13.4. The van der Waals surface area contributed by atoms with Crippen LogP contribution >= 0.6 is 0 Å². The van der Waals surface area contributed by atoms with Gasteiger partial charge in [0.05, 0.1) is 23.0 Å². The predicted molar refractivity (Wildman–Crippen MR) is 93.2 cm³/mol. The summed E-state index contributed by atoms with van der Waals surface area (Å²) in [6.07, 6.45) is -4.83. The highest BCUT2D eigenvalue weighted by atomic mass is 32.2. The van der Waals surface area contributed by atoms with E-state index in [2.05, 4.69) is 5.32 Å². The third kappa shape index (κ3) is 4.89. The smallest absolute Gasteiger partial charge is 0.350 e. The van der Waals surface area contributed by atoms with Crippen molar-refractivity contribution in [2.45, 2.75) is 37.5 Å². The molecule has 0 saturated heterocycles. The second-order valence-electron chi connectivity index (χ2n) is 6.08. The highest BCUT2D eigenvalue weighted by Crippen LogP contribution is 2.33. The standard InChI is InChI=1S/C17H20F3N3O3S/c1-11-8-9-13(23(11)3)10-21-16(24)12(2)22-27(25,26)15-7-5-4-6-14(15)17(18,19)20/h4-9,12,22H,10H2,1-3H3,(H,21,24)/t12-/m1/s1. The fourth-order valence-corrected chi connectivity index (χ4v) is 3.89. The lowest BCUT2D eigenvalue weighted by atomic mass is 10.2. The summed E-state index contributed by atoms with van der Waals surface area (Å²) in [5, 5.41) is 2.56. The molecule has 10 heteroatoms. The first-order valence-corrected chi connectivity index (χ1v) is 9.49. The minimum Gasteiger partial charge on any atom is -0.350 e. The maximum atomic E-state index is 13.0. The molecule has 0 saturated carbocycles. The monoisotopic (exact) mass is 403 g/mol. The molecule has 1 heterocycles. The van der Waals surface area contributed by atoms with Gasteiger partial charge in [-0.2, -0.15) is 17.9 Å². The summed E-state index contributed by atoms with van der Waals surface area (Å²) >= 11 is 0. The highest BCUT2D eigenvalue weighted by Gasteiger charge is 2.37. The summed E-state index contributed by atoms with van der Waals surface area (Å²) in [6, 6.07) is 6.23. The van der Waals surface area contributed by atoms with E-state index in [0.29, 0.717) is 6.07 Å². The molecule has 1 atom stereocenters. The maximum absolute atomic E-state index is 13.0. The summed E-state index contributed by atoms with van der Waals surface area (Å²) in [5.41, 5.74) is 0.500. The van der Waals surface area contributed by atoms with Gasteiger partial charge < -0.3 is 9.88 Å². The Morgan fingerprint density at radius 1 is 1.19 bits per heavy atom. The first-order valence-electron chi connectivity index (χ1n) is 8.01. The maximum Gasteiger partial charge on any atom is 0.417 e. The van der Waals surface area contributed by atoms with E-state index in [-0.39, 0.29) is 6.54 Å². The van der Waals surface area contributed by atoms with Crippen molar-refractivity contribution in [1.82, 2.24) is 14.6 Å². The van der Waals surface area contributed by atoms with Crippen LogP contribution < -0.4 is 10.0 Å². The molecule has 27 heavy (non-hydrogen) atoms. The Morgan fingerprint density at radius 3 is 2.37 bits per heavy atom. The number of alkyl halides is 3. The molecule has 0 aliphatic heterocycles. The van der Waals surface area contributed by atoms with Crippen molar-refractivity contribution < 1.29 is 26.4 Å². The van der Waals surface area contributed by atoms with Crippen molar-refractivity contribution in [3.05, 3.63) is 53.3 Å². The van der Waals surface area contributed by atoms with Crippen LogP contribution in [0.2, 0.25) is 0 Å². The molecule has 1 amide bonds. The SMILES string of the molecule is Cc1ccc(CNC(=O)[C@@H](C)NS(=O)(=O)c2ccccc2C(F)(F)F)n1C. The van der Waals surface area contributed by atoms with Crippen LogP contribution in [-0.4, -0.2) is 24.9 Å². The topological polar surface area (TPSA) is 80.2 Å².